The van der Waals surface area contributed by atoms with E-state index in [0.29, 0.717) is 5.69 Å². The van der Waals surface area contributed by atoms with Crippen LogP contribution in [-0.4, -0.2) is 25.4 Å². The SMILES string of the molecule is CCN(C)c1ccc(/C=C2\C(=O)NN(c3ccc(I)cc3)C2=O)cc1. The standard InChI is InChI=1S/C19H18IN3O2/c1-3-22(2)15-8-4-13(5-9-15)12-17-18(24)21-23(19(17)25)16-10-6-14(20)7-11-16/h4-12H,3H2,1-2H3,(H,21,24)/b17-12+. The van der Waals surface area contributed by atoms with Crippen LogP contribution in [0.4, 0.5) is 11.4 Å². The van der Waals surface area contributed by atoms with Gasteiger partial charge in [0.15, 0.2) is 0 Å². The minimum atomic E-state index is -0.390. The lowest BCUT2D eigenvalue weighted by molar-refractivity contribution is -0.117. The average Bonchev–Trinajstić information content (AvgIpc) is 2.90. The molecular weight excluding hydrogens is 429 g/mol. The quantitative estimate of drug-likeness (QED) is 0.445. The van der Waals surface area contributed by atoms with Crippen molar-refractivity contribution >= 4 is 51.9 Å². The van der Waals surface area contributed by atoms with Crippen LogP contribution >= 0.6 is 22.6 Å². The first-order valence-corrected chi connectivity index (χ1v) is 9.01. The van der Waals surface area contributed by atoms with Gasteiger partial charge in [-0.3, -0.25) is 15.0 Å². The number of anilines is 2. The Labute approximate surface area is 160 Å². The van der Waals surface area contributed by atoms with Crippen molar-refractivity contribution in [3.05, 3.63) is 63.2 Å². The first-order chi connectivity index (χ1) is 12.0. The van der Waals surface area contributed by atoms with E-state index < -0.39 is 5.91 Å². The molecule has 0 aliphatic carbocycles. The number of carbonyl (C=O) groups excluding carboxylic acids is 2. The van der Waals surface area contributed by atoms with Gasteiger partial charge < -0.3 is 4.90 Å². The van der Waals surface area contributed by atoms with Gasteiger partial charge in [-0.25, -0.2) is 5.01 Å². The van der Waals surface area contributed by atoms with Crippen LogP contribution in [0, 0.1) is 3.57 Å². The topological polar surface area (TPSA) is 52.7 Å². The molecule has 0 atom stereocenters. The third-order valence-electron chi connectivity index (χ3n) is 4.10. The van der Waals surface area contributed by atoms with Gasteiger partial charge in [-0.2, -0.15) is 0 Å². The molecule has 0 unspecified atom stereocenters. The molecule has 128 valence electrons. The van der Waals surface area contributed by atoms with Crippen LogP contribution in [0.1, 0.15) is 12.5 Å². The summed E-state index contributed by atoms with van der Waals surface area (Å²) in [5.74, 6) is -0.737. The fourth-order valence-corrected chi connectivity index (χ4v) is 2.86. The van der Waals surface area contributed by atoms with Gasteiger partial charge in [0.2, 0.25) is 0 Å². The highest BCUT2D eigenvalue weighted by molar-refractivity contribution is 14.1. The molecule has 2 aromatic carbocycles. The third-order valence-corrected chi connectivity index (χ3v) is 4.81. The molecule has 1 N–H and O–H groups in total. The Morgan fingerprint density at radius 1 is 1.08 bits per heavy atom. The zero-order chi connectivity index (χ0) is 18.0. The van der Waals surface area contributed by atoms with Crippen LogP contribution in [0.15, 0.2) is 54.1 Å². The van der Waals surface area contributed by atoms with Gasteiger partial charge >= 0.3 is 0 Å². The number of carbonyl (C=O) groups is 2. The van der Waals surface area contributed by atoms with Gasteiger partial charge in [-0.05, 0) is 77.6 Å². The summed E-state index contributed by atoms with van der Waals surface area (Å²) in [5.41, 5.74) is 5.30. The van der Waals surface area contributed by atoms with Crippen LogP contribution < -0.4 is 15.3 Å². The number of benzene rings is 2. The number of nitrogens with one attached hydrogen (secondary N) is 1. The zero-order valence-electron chi connectivity index (χ0n) is 14.0. The molecule has 0 spiro atoms. The summed E-state index contributed by atoms with van der Waals surface area (Å²) in [6, 6.07) is 15.1. The molecule has 5 nitrogen and oxygen atoms in total. The first-order valence-electron chi connectivity index (χ1n) is 7.93. The zero-order valence-corrected chi connectivity index (χ0v) is 16.1. The van der Waals surface area contributed by atoms with Crippen molar-refractivity contribution < 1.29 is 9.59 Å². The van der Waals surface area contributed by atoms with Gasteiger partial charge in [0.1, 0.15) is 5.57 Å². The summed E-state index contributed by atoms with van der Waals surface area (Å²) in [4.78, 5) is 26.9. The van der Waals surface area contributed by atoms with Gasteiger partial charge in [0.05, 0.1) is 5.69 Å². The second kappa shape index (κ2) is 7.26. The second-order valence-electron chi connectivity index (χ2n) is 5.72. The smallest absolute Gasteiger partial charge is 0.282 e. The molecule has 2 aromatic rings. The van der Waals surface area contributed by atoms with E-state index in [1.165, 1.54) is 5.01 Å². The summed E-state index contributed by atoms with van der Waals surface area (Å²) in [5, 5.41) is 1.28. The molecule has 25 heavy (non-hydrogen) atoms. The molecule has 0 aromatic heterocycles. The fourth-order valence-electron chi connectivity index (χ4n) is 2.50. The first kappa shape index (κ1) is 17.5. The molecule has 6 heteroatoms. The number of hydrazine groups is 1. The van der Waals surface area contributed by atoms with Crippen LogP contribution in [0.5, 0.6) is 0 Å². The van der Waals surface area contributed by atoms with Gasteiger partial charge in [-0.15, -0.1) is 0 Å². The van der Waals surface area contributed by atoms with Gasteiger partial charge in [0, 0.05) is 22.8 Å². The van der Waals surface area contributed by atoms with Gasteiger partial charge in [0.25, 0.3) is 11.8 Å². The highest BCUT2D eigenvalue weighted by Crippen LogP contribution is 2.23. The number of hydrogen-bond donors (Lipinski definition) is 1. The molecule has 1 aliphatic rings. The number of hydrogen-bond acceptors (Lipinski definition) is 3. The van der Waals surface area contributed by atoms with Crippen molar-refractivity contribution in [2.75, 3.05) is 23.5 Å². The molecule has 0 radical (unpaired) electrons. The van der Waals surface area contributed by atoms with Crippen molar-refractivity contribution in [3.8, 4) is 0 Å². The lowest BCUT2D eigenvalue weighted by Gasteiger charge is -2.16. The van der Waals surface area contributed by atoms with Crippen molar-refractivity contribution in [3.63, 3.8) is 0 Å². The van der Waals surface area contributed by atoms with E-state index in [0.717, 1.165) is 21.4 Å². The molecule has 1 fully saturated rings. The summed E-state index contributed by atoms with van der Waals surface area (Å²) in [6.07, 6.45) is 1.63. The number of halogens is 1. The Morgan fingerprint density at radius 2 is 1.72 bits per heavy atom. The van der Waals surface area contributed by atoms with E-state index in [4.69, 9.17) is 0 Å². The molecule has 0 saturated carbocycles. The molecule has 3 rings (SSSR count). The highest BCUT2D eigenvalue weighted by atomic mass is 127. The van der Waals surface area contributed by atoms with E-state index in [2.05, 4.69) is 39.8 Å². The summed E-state index contributed by atoms with van der Waals surface area (Å²) in [6.45, 7) is 2.99. The summed E-state index contributed by atoms with van der Waals surface area (Å²) >= 11 is 2.19. The van der Waals surface area contributed by atoms with Crippen molar-refractivity contribution in [2.24, 2.45) is 0 Å². The lowest BCUT2D eigenvalue weighted by atomic mass is 10.1. The predicted octanol–water partition coefficient (Wildman–Crippen LogP) is 3.21. The third kappa shape index (κ3) is 3.68. The van der Waals surface area contributed by atoms with E-state index in [-0.39, 0.29) is 11.5 Å². The van der Waals surface area contributed by atoms with Crippen molar-refractivity contribution in [1.82, 2.24) is 5.43 Å². The lowest BCUT2D eigenvalue weighted by Crippen LogP contribution is -2.35. The van der Waals surface area contributed by atoms with E-state index in [9.17, 15) is 9.59 Å². The second-order valence-corrected chi connectivity index (χ2v) is 6.97. The highest BCUT2D eigenvalue weighted by Gasteiger charge is 2.34. The number of nitrogens with zero attached hydrogens (tertiary/aromatic N) is 2. The van der Waals surface area contributed by atoms with E-state index in [1.807, 2.05) is 43.4 Å². The number of amides is 2. The van der Waals surface area contributed by atoms with E-state index >= 15 is 0 Å². The Morgan fingerprint density at radius 3 is 2.32 bits per heavy atom. The normalized spacial score (nSPS) is 15.6. The maximum absolute atomic E-state index is 12.6. The Balaban J connectivity index is 1.84. The van der Waals surface area contributed by atoms with Crippen LogP contribution in [-0.2, 0) is 9.59 Å². The molecule has 1 saturated heterocycles. The summed E-state index contributed by atoms with van der Waals surface area (Å²) in [7, 11) is 2.01. The minimum Gasteiger partial charge on any atom is -0.375 e. The summed E-state index contributed by atoms with van der Waals surface area (Å²) < 4.78 is 1.06. The molecule has 2 amide bonds. The maximum atomic E-state index is 12.6. The van der Waals surface area contributed by atoms with Gasteiger partial charge in [-0.1, -0.05) is 12.1 Å². The largest absolute Gasteiger partial charge is 0.375 e. The minimum absolute atomic E-state index is 0.134. The maximum Gasteiger partial charge on any atom is 0.282 e. The van der Waals surface area contributed by atoms with Crippen molar-refractivity contribution in [2.45, 2.75) is 6.92 Å². The number of rotatable bonds is 4. The van der Waals surface area contributed by atoms with Crippen LogP contribution in [0.2, 0.25) is 0 Å². The van der Waals surface area contributed by atoms with E-state index in [1.54, 1.807) is 18.2 Å². The fraction of sp³-hybridized carbons (Fsp3) is 0.158. The molecular formula is C19H18IN3O2. The molecule has 0 bridgehead atoms. The molecule has 1 heterocycles. The van der Waals surface area contributed by atoms with Crippen molar-refractivity contribution in [1.29, 1.82) is 0 Å². The van der Waals surface area contributed by atoms with Crippen LogP contribution in [0.3, 0.4) is 0 Å². The Bertz CT molecular complexity index is 829. The monoisotopic (exact) mass is 447 g/mol. The van der Waals surface area contributed by atoms with Crippen LogP contribution in [0.25, 0.3) is 6.08 Å². The predicted molar refractivity (Wildman–Crippen MR) is 108 cm³/mol. The Hall–Kier alpha value is -2.35. The Kier molecular flexibility index (Phi) is 5.08. The molecule has 1 aliphatic heterocycles. The average molecular weight is 447 g/mol.